The molecular weight excluding hydrogens is 341 g/mol. The number of fused-ring (bicyclic) bond motifs is 1. The minimum Gasteiger partial charge on any atom is -0.252 e. The molecule has 3 heteroatoms. The maximum atomic E-state index is 14.4. The summed E-state index contributed by atoms with van der Waals surface area (Å²) in [5, 5.41) is 1.71. The number of rotatable bonds is 3. The largest absolute Gasteiger partial charge is 0.252 e. The lowest BCUT2D eigenvalue weighted by Gasteiger charge is -2.16. The van der Waals surface area contributed by atoms with E-state index in [4.69, 9.17) is 4.98 Å². The van der Waals surface area contributed by atoms with Crippen LogP contribution >= 0.6 is 15.9 Å². The van der Waals surface area contributed by atoms with E-state index in [1.54, 1.807) is 6.07 Å². The molecule has 1 saturated carbocycles. The predicted octanol–water partition coefficient (Wildman–Crippen LogP) is 5.81. The smallest absolute Gasteiger partial charge is 0.131 e. The van der Waals surface area contributed by atoms with Gasteiger partial charge in [-0.1, -0.05) is 52.3 Å². The predicted molar refractivity (Wildman–Crippen MR) is 91.7 cm³/mol. The highest BCUT2D eigenvalue weighted by molar-refractivity contribution is 9.08. The Morgan fingerprint density at radius 3 is 2.50 bits per heavy atom. The third-order valence-electron chi connectivity index (χ3n) is 4.27. The summed E-state index contributed by atoms with van der Waals surface area (Å²) in [6, 6.07) is 15.0. The number of hydrogen-bond acceptors (Lipinski definition) is 1. The summed E-state index contributed by atoms with van der Waals surface area (Å²) < 4.78 is 14.4. The van der Waals surface area contributed by atoms with E-state index < -0.39 is 0 Å². The fourth-order valence-corrected chi connectivity index (χ4v) is 3.64. The van der Waals surface area contributed by atoms with Crippen molar-refractivity contribution in [3.05, 3.63) is 65.6 Å². The first-order valence-corrected chi connectivity index (χ1v) is 8.64. The van der Waals surface area contributed by atoms with Crippen LogP contribution in [0, 0.1) is 5.82 Å². The van der Waals surface area contributed by atoms with E-state index in [0.717, 1.165) is 27.7 Å². The van der Waals surface area contributed by atoms with E-state index in [-0.39, 0.29) is 5.82 Å². The Kier molecular flexibility index (Phi) is 3.45. The SMILES string of the molecule is Fc1ccccc1-c1c(CBr)c(C2CC2)nc2ccccc12. The summed E-state index contributed by atoms with van der Waals surface area (Å²) in [6.07, 6.45) is 2.37. The van der Waals surface area contributed by atoms with Gasteiger partial charge < -0.3 is 0 Å². The van der Waals surface area contributed by atoms with Crippen molar-refractivity contribution in [2.75, 3.05) is 0 Å². The van der Waals surface area contributed by atoms with E-state index in [2.05, 4.69) is 15.9 Å². The molecule has 0 radical (unpaired) electrons. The van der Waals surface area contributed by atoms with E-state index in [0.29, 0.717) is 16.8 Å². The monoisotopic (exact) mass is 355 g/mol. The molecule has 0 amide bonds. The van der Waals surface area contributed by atoms with Gasteiger partial charge in [-0.2, -0.15) is 0 Å². The maximum absolute atomic E-state index is 14.4. The molecule has 110 valence electrons. The van der Waals surface area contributed by atoms with Gasteiger partial charge in [0.05, 0.1) is 5.52 Å². The molecule has 0 unspecified atom stereocenters. The molecule has 2 aromatic carbocycles. The standard InChI is InChI=1S/C19H15BrFN/c20-11-15-18(13-5-1-3-7-16(13)21)14-6-2-4-8-17(14)22-19(15)12-9-10-12/h1-8,12H,9-11H2. The van der Waals surface area contributed by atoms with Gasteiger partial charge in [0.1, 0.15) is 5.82 Å². The summed E-state index contributed by atoms with van der Waals surface area (Å²) in [6.45, 7) is 0. The van der Waals surface area contributed by atoms with E-state index in [9.17, 15) is 4.39 Å². The van der Waals surface area contributed by atoms with Crippen LogP contribution < -0.4 is 0 Å². The molecule has 0 spiro atoms. The summed E-state index contributed by atoms with van der Waals surface area (Å²) in [5.74, 6) is 0.352. The van der Waals surface area contributed by atoms with Crippen LogP contribution in [0.25, 0.3) is 22.0 Å². The molecule has 1 aliphatic rings. The van der Waals surface area contributed by atoms with Gasteiger partial charge in [-0.05, 0) is 36.1 Å². The molecule has 0 bridgehead atoms. The molecule has 1 fully saturated rings. The first-order chi connectivity index (χ1) is 10.8. The first-order valence-electron chi connectivity index (χ1n) is 7.52. The van der Waals surface area contributed by atoms with Crippen LogP contribution in [0.3, 0.4) is 0 Å². The molecule has 0 atom stereocenters. The quantitative estimate of drug-likeness (QED) is 0.540. The van der Waals surface area contributed by atoms with Gasteiger partial charge in [0, 0.05) is 27.9 Å². The van der Waals surface area contributed by atoms with Crippen molar-refractivity contribution >= 4 is 26.8 Å². The zero-order valence-electron chi connectivity index (χ0n) is 12.0. The number of halogens is 2. The number of nitrogens with zero attached hydrogens (tertiary/aromatic N) is 1. The second kappa shape index (κ2) is 5.47. The van der Waals surface area contributed by atoms with Crippen molar-refractivity contribution in [2.24, 2.45) is 0 Å². The molecule has 0 saturated heterocycles. The van der Waals surface area contributed by atoms with Gasteiger partial charge >= 0.3 is 0 Å². The van der Waals surface area contributed by atoms with Crippen LogP contribution in [0.2, 0.25) is 0 Å². The Morgan fingerprint density at radius 2 is 1.77 bits per heavy atom. The number of pyridine rings is 1. The Hall–Kier alpha value is -1.74. The molecular formula is C19H15BrFN. The second-order valence-corrected chi connectivity index (χ2v) is 6.32. The average Bonchev–Trinajstić information content (AvgIpc) is 3.38. The normalized spacial score (nSPS) is 14.5. The van der Waals surface area contributed by atoms with Crippen molar-refractivity contribution in [1.29, 1.82) is 0 Å². The Labute approximate surface area is 137 Å². The van der Waals surface area contributed by atoms with Crippen LogP contribution in [0.15, 0.2) is 48.5 Å². The van der Waals surface area contributed by atoms with Gasteiger partial charge in [-0.15, -0.1) is 0 Å². The molecule has 0 aliphatic heterocycles. The van der Waals surface area contributed by atoms with E-state index >= 15 is 0 Å². The number of alkyl halides is 1. The van der Waals surface area contributed by atoms with Crippen LogP contribution in [0.4, 0.5) is 4.39 Å². The minimum absolute atomic E-state index is 0.178. The van der Waals surface area contributed by atoms with E-state index in [1.807, 2.05) is 36.4 Å². The van der Waals surface area contributed by atoms with Crippen LogP contribution in [0.5, 0.6) is 0 Å². The minimum atomic E-state index is -0.178. The lowest BCUT2D eigenvalue weighted by molar-refractivity contribution is 0.631. The summed E-state index contributed by atoms with van der Waals surface area (Å²) >= 11 is 3.60. The number of benzene rings is 2. The maximum Gasteiger partial charge on any atom is 0.131 e. The Balaban J connectivity index is 2.12. The van der Waals surface area contributed by atoms with Gasteiger partial charge in [-0.3, -0.25) is 4.98 Å². The molecule has 3 aromatic rings. The highest BCUT2D eigenvalue weighted by atomic mass is 79.9. The highest BCUT2D eigenvalue weighted by Gasteiger charge is 2.30. The number of hydrogen-bond donors (Lipinski definition) is 0. The van der Waals surface area contributed by atoms with Gasteiger partial charge in [0.2, 0.25) is 0 Å². The Morgan fingerprint density at radius 1 is 1.05 bits per heavy atom. The van der Waals surface area contributed by atoms with Crippen molar-refractivity contribution in [3.8, 4) is 11.1 Å². The molecule has 1 aromatic heterocycles. The third kappa shape index (κ3) is 2.24. The zero-order chi connectivity index (χ0) is 15.1. The van der Waals surface area contributed by atoms with Crippen molar-refractivity contribution in [1.82, 2.24) is 4.98 Å². The number of aromatic nitrogens is 1. The lowest BCUT2D eigenvalue weighted by atomic mass is 9.93. The fourth-order valence-electron chi connectivity index (χ4n) is 3.07. The van der Waals surface area contributed by atoms with E-state index in [1.165, 1.54) is 18.9 Å². The molecule has 1 heterocycles. The van der Waals surface area contributed by atoms with Gasteiger partial charge in [0.15, 0.2) is 0 Å². The highest BCUT2D eigenvalue weighted by Crippen LogP contribution is 2.45. The molecule has 22 heavy (non-hydrogen) atoms. The van der Waals surface area contributed by atoms with Gasteiger partial charge in [-0.25, -0.2) is 4.39 Å². The topological polar surface area (TPSA) is 12.9 Å². The zero-order valence-corrected chi connectivity index (χ0v) is 13.6. The Bertz CT molecular complexity index is 855. The van der Waals surface area contributed by atoms with Gasteiger partial charge in [0.25, 0.3) is 0 Å². The fraction of sp³-hybridized carbons (Fsp3) is 0.211. The summed E-state index contributed by atoms with van der Waals surface area (Å²) in [5.41, 5.74) is 4.87. The van der Waals surface area contributed by atoms with Crippen LogP contribution in [0.1, 0.15) is 30.0 Å². The van der Waals surface area contributed by atoms with Crippen molar-refractivity contribution in [2.45, 2.75) is 24.1 Å². The van der Waals surface area contributed by atoms with Crippen molar-refractivity contribution in [3.63, 3.8) is 0 Å². The van der Waals surface area contributed by atoms with Crippen molar-refractivity contribution < 1.29 is 4.39 Å². The third-order valence-corrected chi connectivity index (χ3v) is 4.83. The summed E-state index contributed by atoms with van der Waals surface area (Å²) in [4.78, 5) is 4.87. The molecule has 4 rings (SSSR count). The summed E-state index contributed by atoms with van der Waals surface area (Å²) in [7, 11) is 0. The van der Waals surface area contributed by atoms with Crippen LogP contribution in [-0.4, -0.2) is 4.98 Å². The number of para-hydroxylation sites is 1. The molecule has 1 aliphatic carbocycles. The first kappa shape index (κ1) is 13.9. The van der Waals surface area contributed by atoms with Crippen LogP contribution in [-0.2, 0) is 5.33 Å². The molecule has 0 N–H and O–H groups in total. The molecule has 1 nitrogen and oxygen atoms in total. The lowest BCUT2D eigenvalue weighted by Crippen LogP contribution is -2.00. The second-order valence-electron chi connectivity index (χ2n) is 5.76. The average molecular weight is 356 g/mol.